The van der Waals surface area contributed by atoms with E-state index in [1.54, 1.807) is 0 Å². The van der Waals surface area contributed by atoms with Crippen LogP contribution in [0.3, 0.4) is 0 Å². The van der Waals surface area contributed by atoms with E-state index in [2.05, 4.69) is 5.92 Å². The van der Waals surface area contributed by atoms with E-state index in [1.807, 2.05) is 48.5 Å². The Balaban J connectivity index is 2.60. The molecule has 15 heavy (non-hydrogen) atoms. The monoisotopic (exact) mass is 212 g/mol. The van der Waals surface area contributed by atoms with E-state index in [1.165, 1.54) is 0 Å². The summed E-state index contributed by atoms with van der Waals surface area (Å²) < 4.78 is 0. The Morgan fingerprint density at radius 3 is 2.53 bits per heavy atom. The van der Waals surface area contributed by atoms with E-state index in [9.17, 15) is 0 Å². The van der Waals surface area contributed by atoms with Gasteiger partial charge < -0.3 is 0 Å². The first kappa shape index (κ1) is 9.83. The number of hydrogen-bond acceptors (Lipinski definition) is 0. The zero-order valence-electron chi connectivity index (χ0n) is 8.07. The van der Waals surface area contributed by atoms with Crippen molar-refractivity contribution in [1.29, 1.82) is 0 Å². The Bertz CT molecular complexity index is 521. The van der Waals surface area contributed by atoms with Gasteiger partial charge in [0.2, 0.25) is 0 Å². The van der Waals surface area contributed by atoms with Crippen molar-refractivity contribution in [1.82, 2.24) is 0 Å². The molecule has 2 rings (SSSR count). The summed E-state index contributed by atoms with van der Waals surface area (Å²) in [6.45, 7) is 0. The predicted octanol–water partition coefficient (Wildman–Crippen LogP) is 3.99. The summed E-state index contributed by atoms with van der Waals surface area (Å²) in [5.41, 5.74) is 2.98. The summed E-state index contributed by atoms with van der Waals surface area (Å²) in [4.78, 5) is 0. The van der Waals surface area contributed by atoms with Crippen LogP contribution in [0.4, 0.5) is 0 Å². The van der Waals surface area contributed by atoms with Gasteiger partial charge in [-0.1, -0.05) is 47.9 Å². The van der Waals surface area contributed by atoms with E-state index in [0.717, 1.165) is 21.7 Å². The highest BCUT2D eigenvalue weighted by molar-refractivity contribution is 6.30. The average Bonchev–Trinajstić information content (AvgIpc) is 2.29. The number of hydrogen-bond donors (Lipinski definition) is 0. The normalized spacial score (nSPS) is 9.60. The van der Waals surface area contributed by atoms with E-state index in [0.29, 0.717) is 0 Å². The molecule has 0 unspecified atom stereocenters. The SMILES string of the molecule is C#Cc1ccccc1-c1cccc(Cl)c1. The van der Waals surface area contributed by atoms with Gasteiger partial charge in [0.05, 0.1) is 0 Å². The third kappa shape index (κ3) is 2.03. The Morgan fingerprint density at radius 2 is 1.80 bits per heavy atom. The first-order valence-corrected chi connectivity index (χ1v) is 5.00. The highest BCUT2D eigenvalue weighted by atomic mass is 35.5. The van der Waals surface area contributed by atoms with Gasteiger partial charge >= 0.3 is 0 Å². The number of rotatable bonds is 1. The van der Waals surface area contributed by atoms with E-state index >= 15 is 0 Å². The van der Waals surface area contributed by atoms with Crippen LogP contribution in [0.25, 0.3) is 11.1 Å². The van der Waals surface area contributed by atoms with Crippen molar-refractivity contribution in [2.75, 3.05) is 0 Å². The van der Waals surface area contributed by atoms with Crippen LogP contribution >= 0.6 is 11.6 Å². The Labute approximate surface area is 94.5 Å². The van der Waals surface area contributed by atoms with Crippen LogP contribution in [0.2, 0.25) is 5.02 Å². The van der Waals surface area contributed by atoms with Crippen LogP contribution in [0, 0.1) is 12.3 Å². The third-order valence-corrected chi connectivity index (χ3v) is 2.45. The van der Waals surface area contributed by atoms with Gasteiger partial charge in [-0.15, -0.1) is 6.42 Å². The minimum atomic E-state index is 0.722. The maximum Gasteiger partial charge on any atom is 0.0412 e. The summed E-state index contributed by atoms with van der Waals surface area (Å²) in [6.07, 6.45) is 5.44. The fourth-order valence-corrected chi connectivity index (χ4v) is 1.71. The Morgan fingerprint density at radius 1 is 1.00 bits per heavy atom. The smallest absolute Gasteiger partial charge is 0.0412 e. The second-order valence-electron chi connectivity index (χ2n) is 3.20. The van der Waals surface area contributed by atoms with E-state index in [-0.39, 0.29) is 0 Å². The first-order valence-electron chi connectivity index (χ1n) is 4.63. The molecule has 2 aromatic rings. The molecular weight excluding hydrogens is 204 g/mol. The Kier molecular flexibility index (Phi) is 2.76. The molecule has 0 saturated heterocycles. The summed E-state index contributed by atoms with van der Waals surface area (Å²) >= 11 is 5.94. The quantitative estimate of drug-likeness (QED) is 0.627. The number of terminal acetylenes is 1. The highest BCUT2D eigenvalue weighted by Crippen LogP contribution is 2.25. The van der Waals surface area contributed by atoms with Gasteiger partial charge in [0.1, 0.15) is 0 Å². The van der Waals surface area contributed by atoms with Gasteiger partial charge in [0.15, 0.2) is 0 Å². The van der Waals surface area contributed by atoms with Gasteiger partial charge in [-0.3, -0.25) is 0 Å². The van der Waals surface area contributed by atoms with Crippen molar-refractivity contribution in [3.8, 4) is 23.5 Å². The molecular formula is C14H9Cl. The lowest BCUT2D eigenvalue weighted by Crippen LogP contribution is -1.83. The molecule has 0 fully saturated rings. The minimum Gasteiger partial charge on any atom is -0.115 e. The van der Waals surface area contributed by atoms with Gasteiger partial charge in [-0.05, 0) is 29.3 Å². The zero-order chi connectivity index (χ0) is 10.7. The second kappa shape index (κ2) is 4.21. The maximum atomic E-state index is 5.94. The van der Waals surface area contributed by atoms with Crippen molar-refractivity contribution in [2.45, 2.75) is 0 Å². The molecule has 0 bridgehead atoms. The predicted molar refractivity (Wildman–Crippen MR) is 64.8 cm³/mol. The lowest BCUT2D eigenvalue weighted by Gasteiger charge is -2.04. The molecule has 1 heteroatoms. The molecule has 0 N–H and O–H groups in total. The van der Waals surface area contributed by atoms with Gasteiger partial charge in [0.25, 0.3) is 0 Å². The minimum absolute atomic E-state index is 0.722. The molecule has 0 amide bonds. The van der Waals surface area contributed by atoms with Crippen molar-refractivity contribution < 1.29 is 0 Å². The van der Waals surface area contributed by atoms with Gasteiger partial charge in [-0.2, -0.15) is 0 Å². The summed E-state index contributed by atoms with van der Waals surface area (Å²) in [5.74, 6) is 2.67. The number of halogens is 1. The third-order valence-electron chi connectivity index (χ3n) is 2.22. The van der Waals surface area contributed by atoms with Crippen LogP contribution in [0.5, 0.6) is 0 Å². The second-order valence-corrected chi connectivity index (χ2v) is 3.64. The van der Waals surface area contributed by atoms with Crippen molar-refractivity contribution in [3.05, 3.63) is 59.1 Å². The fraction of sp³-hybridized carbons (Fsp3) is 0. The zero-order valence-corrected chi connectivity index (χ0v) is 8.83. The summed E-state index contributed by atoms with van der Waals surface area (Å²) in [7, 11) is 0. The average molecular weight is 213 g/mol. The van der Waals surface area contributed by atoms with Crippen LogP contribution in [0.1, 0.15) is 5.56 Å². The lowest BCUT2D eigenvalue weighted by atomic mass is 10.0. The van der Waals surface area contributed by atoms with E-state index < -0.39 is 0 Å². The topological polar surface area (TPSA) is 0 Å². The molecule has 72 valence electrons. The largest absolute Gasteiger partial charge is 0.115 e. The van der Waals surface area contributed by atoms with Crippen LogP contribution in [-0.2, 0) is 0 Å². The van der Waals surface area contributed by atoms with Crippen LogP contribution in [0.15, 0.2) is 48.5 Å². The molecule has 0 aromatic heterocycles. The molecule has 0 spiro atoms. The first-order chi connectivity index (χ1) is 7.31. The molecule has 2 aromatic carbocycles. The highest BCUT2D eigenvalue weighted by Gasteiger charge is 2.02. The maximum absolute atomic E-state index is 5.94. The molecule has 0 aliphatic carbocycles. The number of benzene rings is 2. The molecule has 0 nitrogen and oxygen atoms in total. The summed E-state index contributed by atoms with van der Waals surface area (Å²) in [5, 5.41) is 0.722. The molecule has 0 radical (unpaired) electrons. The summed E-state index contributed by atoms with van der Waals surface area (Å²) in [6, 6.07) is 15.5. The lowest BCUT2D eigenvalue weighted by molar-refractivity contribution is 1.58. The van der Waals surface area contributed by atoms with Gasteiger partial charge in [0, 0.05) is 10.6 Å². The molecule has 0 saturated carbocycles. The molecule has 0 heterocycles. The van der Waals surface area contributed by atoms with Gasteiger partial charge in [-0.25, -0.2) is 0 Å². The fourth-order valence-electron chi connectivity index (χ4n) is 1.52. The standard InChI is InChI=1S/C14H9Cl/c1-2-11-6-3-4-9-14(11)12-7-5-8-13(15)10-12/h1,3-10H. The van der Waals surface area contributed by atoms with Crippen LogP contribution in [-0.4, -0.2) is 0 Å². The van der Waals surface area contributed by atoms with Crippen LogP contribution < -0.4 is 0 Å². The van der Waals surface area contributed by atoms with Crippen molar-refractivity contribution >= 4 is 11.6 Å². The molecule has 0 aliphatic rings. The molecule has 0 aliphatic heterocycles. The molecule has 0 atom stereocenters. The van der Waals surface area contributed by atoms with E-state index in [4.69, 9.17) is 18.0 Å². The van der Waals surface area contributed by atoms with Crippen molar-refractivity contribution in [3.63, 3.8) is 0 Å². The van der Waals surface area contributed by atoms with Crippen molar-refractivity contribution in [2.24, 2.45) is 0 Å². The Hall–Kier alpha value is -1.71.